The Bertz CT molecular complexity index is 837. The molecule has 0 amide bonds. The lowest BCUT2D eigenvalue weighted by molar-refractivity contribution is -0.384. The van der Waals surface area contributed by atoms with Gasteiger partial charge in [0.2, 0.25) is 0 Å². The van der Waals surface area contributed by atoms with Crippen molar-refractivity contribution in [2.24, 2.45) is 0 Å². The Morgan fingerprint density at radius 1 is 1.27 bits per heavy atom. The first-order valence-electron chi connectivity index (χ1n) is 8.80. The molecule has 0 saturated carbocycles. The molecule has 0 unspecified atom stereocenters. The Kier molecular flexibility index (Phi) is 5.46. The highest BCUT2D eigenvalue weighted by Gasteiger charge is 2.21. The Labute approximate surface area is 151 Å². The maximum atomic E-state index is 10.8. The number of carboxylic acid groups (broad SMARTS) is 1. The van der Waals surface area contributed by atoms with Crippen LogP contribution in [0, 0.1) is 10.1 Å². The van der Waals surface area contributed by atoms with E-state index in [0.717, 1.165) is 49.9 Å². The maximum Gasteiger partial charge on any atom is 0.327 e. The standard InChI is InChI=1S/C19H21N3O4/c23-19(24)9-3-1-2-7-17-16-6-4-5-8-18(16)21(20-17)14-10-12-15(13-11-14)22(25)26/h3,9-13H,1-2,4-8H2,(H,23,24). The van der Waals surface area contributed by atoms with Crippen molar-refractivity contribution < 1.29 is 14.8 Å². The van der Waals surface area contributed by atoms with Gasteiger partial charge in [0.1, 0.15) is 0 Å². The van der Waals surface area contributed by atoms with Gasteiger partial charge in [-0.2, -0.15) is 5.10 Å². The van der Waals surface area contributed by atoms with Crippen LogP contribution >= 0.6 is 0 Å². The summed E-state index contributed by atoms with van der Waals surface area (Å²) in [7, 11) is 0. The van der Waals surface area contributed by atoms with Gasteiger partial charge < -0.3 is 5.11 Å². The summed E-state index contributed by atoms with van der Waals surface area (Å²) >= 11 is 0. The lowest BCUT2D eigenvalue weighted by Crippen LogP contribution is -2.07. The number of carbonyl (C=O) groups is 1. The molecular formula is C19H21N3O4. The number of hydrogen-bond donors (Lipinski definition) is 1. The maximum absolute atomic E-state index is 10.8. The number of aliphatic carboxylic acids is 1. The second-order valence-electron chi connectivity index (χ2n) is 6.40. The van der Waals surface area contributed by atoms with E-state index in [1.165, 1.54) is 29.5 Å². The summed E-state index contributed by atoms with van der Waals surface area (Å²) in [5, 5.41) is 24.2. The minimum Gasteiger partial charge on any atom is -0.478 e. The Balaban J connectivity index is 1.81. The lowest BCUT2D eigenvalue weighted by Gasteiger charge is -2.14. The molecule has 2 aromatic rings. The number of fused-ring (bicyclic) bond motifs is 1. The van der Waals surface area contributed by atoms with E-state index in [4.69, 9.17) is 10.2 Å². The van der Waals surface area contributed by atoms with Crippen LogP contribution in [0.3, 0.4) is 0 Å². The van der Waals surface area contributed by atoms with E-state index in [-0.39, 0.29) is 5.69 Å². The molecule has 1 aromatic carbocycles. The van der Waals surface area contributed by atoms with Gasteiger partial charge in [-0.15, -0.1) is 0 Å². The van der Waals surface area contributed by atoms with Gasteiger partial charge in [0, 0.05) is 23.9 Å². The number of nitrogens with zero attached hydrogens (tertiary/aromatic N) is 3. The molecule has 0 saturated heterocycles. The van der Waals surface area contributed by atoms with E-state index in [1.807, 2.05) is 4.68 Å². The van der Waals surface area contributed by atoms with E-state index in [9.17, 15) is 14.9 Å². The quantitative estimate of drug-likeness (QED) is 0.354. The number of aromatic nitrogens is 2. The average molecular weight is 355 g/mol. The minimum absolute atomic E-state index is 0.0696. The summed E-state index contributed by atoms with van der Waals surface area (Å²) in [6.07, 6.45) is 9.40. The molecule has 1 aliphatic carbocycles. The molecule has 26 heavy (non-hydrogen) atoms. The molecule has 136 valence electrons. The van der Waals surface area contributed by atoms with E-state index in [0.29, 0.717) is 6.42 Å². The van der Waals surface area contributed by atoms with Gasteiger partial charge in [0.15, 0.2) is 0 Å². The molecule has 1 aromatic heterocycles. The van der Waals surface area contributed by atoms with Crippen molar-refractivity contribution in [1.82, 2.24) is 9.78 Å². The zero-order valence-corrected chi connectivity index (χ0v) is 14.4. The molecule has 0 spiro atoms. The number of non-ortho nitro benzene ring substituents is 1. The lowest BCUT2D eigenvalue weighted by atomic mass is 9.94. The third kappa shape index (κ3) is 3.99. The number of aryl methyl sites for hydroxylation is 1. The van der Waals surface area contributed by atoms with Crippen LogP contribution < -0.4 is 0 Å². The van der Waals surface area contributed by atoms with Crippen LogP contribution in [0.15, 0.2) is 36.4 Å². The summed E-state index contributed by atoms with van der Waals surface area (Å²) in [5.74, 6) is -0.926. The smallest absolute Gasteiger partial charge is 0.327 e. The number of carboxylic acids is 1. The highest BCUT2D eigenvalue weighted by atomic mass is 16.6. The minimum atomic E-state index is -0.926. The number of nitro groups is 1. The average Bonchev–Trinajstić information content (AvgIpc) is 3.00. The molecule has 0 bridgehead atoms. The van der Waals surface area contributed by atoms with Crippen molar-refractivity contribution in [1.29, 1.82) is 0 Å². The SMILES string of the molecule is O=C(O)C=CCCCc1nn(-c2ccc([N+](=O)[O-])cc2)c2c1CCCC2. The molecule has 7 nitrogen and oxygen atoms in total. The molecule has 1 aliphatic rings. The van der Waals surface area contributed by atoms with Gasteiger partial charge in [-0.1, -0.05) is 6.08 Å². The number of unbranched alkanes of at least 4 members (excludes halogenated alkanes) is 1. The zero-order chi connectivity index (χ0) is 18.5. The van der Waals surface area contributed by atoms with Crippen molar-refractivity contribution >= 4 is 11.7 Å². The van der Waals surface area contributed by atoms with Crippen LogP contribution in [0.1, 0.15) is 42.6 Å². The number of hydrogen-bond acceptors (Lipinski definition) is 4. The van der Waals surface area contributed by atoms with Crippen LogP contribution in [0.4, 0.5) is 5.69 Å². The summed E-state index contributed by atoms with van der Waals surface area (Å²) in [5.41, 5.74) is 4.45. The van der Waals surface area contributed by atoms with E-state index < -0.39 is 10.9 Å². The van der Waals surface area contributed by atoms with Gasteiger partial charge in [0.25, 0.3) is 5.69 Å². The van der Waals surface area contributed by atoms with E-state index >= 15 is 0 Å². The number of rotatable bonds is 7. The molecule has 0 aliphatic heterocycles. The van der Waals surface area contributed by atoms with Crippen LogP contribution in [0.2, 0.25) is 0 Å². The molecular weight excluding hydrogens is 334 g/mol. The molecule has 3 rings (SSSR count). The van der Waals surface area contributed by atoms with Gasteiger partial charge in [-0.3, -0.25) is 10.1 Å². The largest absolute Gasteiger partial charge is 0.478 e. The van der Waals surface area contributed by atoms with Gasteiger partial charge >= 0.3 is 5.97 Å². The van der Waals surface area contributed by atoms with Crippen molar-refractivity contribution in [3.63, 3.8) is 0 Å². The predicted octanol–water partition coefficient (Wildman–Crippen LogP) is 3.62. The molecule has 1 N–H and O–H groups in total. The van der Waals surface area contributed by atoms with Crippen LogP contribution in [0.25, 0.3) is 5.69 Å². The molecule has 7 heteroatoms. The third-order valence-electron chi connectivity index (χ3n) is 4.61. The van der Waals surface area contributed by atoms with Crippen molar-refractivity contribution in [2.45, 2.75) is 44.9 Å². The summed E-state index contributed by atoms with van der Waals surface area (Å²) < 4.78 is 1.92. The highest BCUT2D eigenvalue weighted by molar-refractivity contribution is 5.79. The topological polar surface area (TPSA) is 98.3 Å². The number of nitro benzene ring substituents is 1. The van der Waals surface area contributed by atoms with E-state index in [2.05, 4.69) is 0 Å². The summed E-state index contributed by atoms with van der Waals surface area (Å²) in [6.45, 7) is 0. The number of benzene rings is 1. The van der Waals surface area contributed by atoms with Crippen LogP contribution in [-0.2, 0) is 24.1 Å². The monoisotopic (exact) mass is 355 g/mol. The molecule has 0 radical (unpaired) electrons. The fraction of sp³-hybridized carbons (Fsp3) is 0.368. The number of allylic oxidation sites excluding steroid dienone is 1. The van der Waals surface area contributed by atoms with Crippen molar-refractivity contribution in [3.8, 4) is 5.69 Å². The Hall–Kier alpha value is -2.96. The van der Waals surface area contributed by atoms with Gasteiger partial charge in [0.05, 0.1) is 16.3 Å². The van der Waals surface area contributed by atoms with E-state index in [1.54, 1.807) is 18.2 Å². The molecule has 1 heterocycles. The normalized spacial score (nSPS) is 13.7. The van der Waals surface area contributed by atoms with Crippen molar-refractivity contribution in [3.05, 3.63) is 63.5 Å². The second kappa shape index (κ2) is 7.95. The third-order valence-corrected chi connectivity index (χ3v) is 4.61. The Morgan fingerprint density at radius 3 is 2.69 bits per heavy atom. The summed E-state index contributed by atoms with van der Waals surface area (Å²) in [6, 6.07) is 6.48. The second-order valence-corrected chi connectivity index (χ2v) is 6.40. The fourth-order valence-corrected chi connectivity index (χ4v) is 3.38. The first-order valence-corrected chi connectivity index (χ1v) is 8.80. The van der Waals surface area contributed by atoms with Gasteiger partial charge in [-0.25, -0.2) is 9.48 Å². The first kappa shape index (κ1) is 17.8. The van der Waals surface area contributed by atoms with Gasteiger partial charge in [-0.05, 0) is 62.6 Å². The predicted molar refractivity (Wildman–Crippen MR) is 96.6 cm³/mol. The first-order chi connectivity index (χ1) is 12.6. The fourth-order valence-electron chi connectivity index (χ4n) is 3.38. The summed E-state index contributed by atoms with van der Waals surface area (Å²) in [4.78, 5) is 20.9. The highest BCUT2D eigenvalue weighted by Crippen LogP contribution is 2.28. The molecule has 0 fully saturated rings. The molecule has 0 atom stereocenters. The Morgan fingerprint density at radius 2 is 2.00 bits per heavy atom. The van der Waals surface area contributed by atoms with Crippen LogP contribution in [0.5, 0.6) is 0 Å². The van der Waals surface area contributed by atoms with Crippen LogP contribution in [-0.4, -0.2) is 25.8 Å². The van der Waals surface area contributed by atoms with Crippen molar-refractivity contribution in [2.75, 3.05) is 0 Å². The zero-order valence-electron chi connectivity index (χ0n) is 14.4.